The van der Waals surface area contributed by atoms with Crippen molar-refractivity contribution in [1.82, 2.24) is 19.9 Å². The smallest absolute Gasteiger partial charge is 0.331 e. The van der Waals surface area contributed by atoms with E-state index < -0.39 is 39.8 Å². The normalized spacial score (nSPS) is 12.7. The fourth-order valence-electron chi connectivity index (χ4n) is 1.42. The Hall–Kier alpha value is -1.68. The third kappa shape index (κ3) is 3.32. The predicted molar refractivity (Wildman–Crippen MR) is 65.5 cm³/mol. The van der Waals surface area contributed by atoms with Gasteiger partial charge in [0.25, 0.3) is 0 Å². The minimum Gasteiger partial charge on any atom is -0.331 e. The Balaban J connectivity index is 2.71. The lowest BCUT2D eigenvalue weighted by Gasteiger charge is -2.08. The van der Waals surface area contributed by atoms with Gasteiger partial charge in [0.05, 0.1) is 0 Å². The SMILES string of the molecule is CC(=O)Nc1nc(C(F)(F)Cl)nc2nc(C(F)(F)Cl)[nH]c12. The highest BCUT2D eigenvalue weighted by Crippen LogP contribution is 2.35. The molecular formula is C9H5Cl2F4N5O. The summed E-state index contributed by atoms with van der Waals surface area (Å²) in [6, 6.07) is 0. The lowest BCUT2D eigenvalue weighted by molar-refractivity contribution is -0.114. The van der Waals surface area contributed by atoms with Crippen LogP contribution >= 0.6 is 23.2 Å². The number of anilines is 1. The topological polar surface area (TPSA) is 83.6 Å². The van der Waals surface area contributed by atoms with Crippen molar-refractivity contribution >= 4 is 46.1 Å². The fourth-order valence-corrected chi connectivity index (χ4v) is 1.59. The van der Waals surface area contributed by atoms with Crippen molar-refractivity contribution in [3.8, 4) is 0 Å². The Morgan fingerprint density at radius 1 is 1.14 bits per heavy atom. The first-order valence-electron chi connectivity index (χ1n) is 5.18. The molecule has 0 aliphatic carbocycles. The van der Waals surface area contributed by atoms with Crippen molar-refractivity contribution < 1.29 is 22.4 Å². The first-order valence-corrected chi connectivity index (χ1v) is 5.94. The van der Waals surface area contributed by atoms with E-state index in [0.717, 1.165) is 6.92 Å². The van der Waals surface area contributed by atoms with E-state index in [1.807, 2.05) is 0 Å². The van der Waals surface area contributed by atoms with Crippen molar-refractivity contribution in [3.63, 3.8) is 0 Å². The zero-order chi connectivity index (χ0) is 16.0. The molecule has 1 amide bonds. The molecule has 0 saturated heterocycles. The van der Waals surface area contributed by atoms with Crippen LogP contribution < -0.4 is 5.32 Å². The second-order valence-electron chi connectivity index (χ2n) is 3.86. The maximum atomic E-state index is 13.1. The van der Waals surface area contributed by atoms with E-state index >= 15 is 0 Å². The Morgan fingerprint density at radius 3 is 2.24 bits per heavy atom. The molecule has 0 aliphatic heterocycles. The van der Waals surface area contributed by atoms with Gasteiger partial charge >= 0.3 is 10.8 Å². The molecule has 0 fully saturated rings. The summed E-state index contributed by atoms with van der Waals surface area (Å²) in [6.07, 6.45) is 0. The third-order valence-electron chi connectivity index (χ3n) is 2.17. The molecule has 0 aliphatic rings. The van der Waals surface area contributed by atoms with Gasteiger partial charge in [0.1, 0.15) is 5.52 Å². The molecule has 0 saturated carbocycles. The number of H-pyrrole nitrogens is 1. The lowest BCUT2D eigenvalue weighted by atomic mass is 10.4. The van der Waals surface area contributed by atoms with E-state index in [1.165, 1.54) is 0 Å². The van der Waals surface area contributed by atoms with E-state index in [4.69, 9.17) is 23.2 Å². The van der Waals surface area contributed by atoms with Crippen molar-refractivity contribution in [2.45, 2.75) is 17.7 Å². The average Bonchev–Trinajstić information content (AvgIpc) is 2.70. The molecule has 12 heteroatoms. The van der Waals surface area contributed by atoms with Crippen molar-refractivity contribution in [2.24, 2.45) is 0 Å². The number of rotatable bonds is 3. The standard InChI is InChI=1S/C9H5Cl2F4N5O/c1-2(21)16-4-3-5(19-6(17-3)8(10,12)13)20-7(18-4)9(11,14)15/h1H3,(H2,16,17,18,19,20,21). The van der Waals surface area contributed by atoms with Crippen LogP contribution in [0, 0.1) is 0 Å². The van der Waals surface area contributed by atoms with E-state index in [0.29, 0.717) is 0 Å². The molecule has 0 atom stereocenters. The third-order valence-corrected chi connectivity index (χ3v) is 2.52. The summed E-state index contributed by atoms with van der Waals surface area (Å²) in [5, 5.41) is -5.76. The van der Waals surface area contributed by atoms with Gasteiger partial charge in [-0.3, -0.25) is 4.79 Å². The molecule has 6 nitrogen and oxygen atoms in total. The van der Waals surface area contributed by atoms with Crippen LogP contribution in [0.5, 0.6) is 0 Å². The number of aromatic nitrogens is 4. The van der Waals surface area contributed by atoms with Gasteiger partial charge in [-0.15, -0.1) is 0 Å². The zero-order valence-corrected chi connectivity index (χ0v) is 11.5. The van der Waals surface area contributed by atoms with Crippen LogP contribution in [0.15, 0.2) is 0 Å². The molecule has 21 heavy (non-hydrogen) atoms. The summed E-state index contributed by atoms with van der Waals surface area (Å²) >= 11 is 9.56. The number of amides is 1. The summed E-state index contributed by atoms with van der Waals surface area (Å²) in [5.74, 6) is -3.37. The average molecular weight is 346 g/mol. The quantitative estimate of drug-likeness (QED) is 0.661. The van der Waals surface area contributed by atoms with E-state index in [2.05, 4.69) is 25.3 Å². The van der Waals surface area contributed by atoms with Crippen LogP contribution in [0.3, 0.4) is 0 Å². The Kier molecular flexibility index (Phi) is 3.70. The molecule has 2 aromatic heterocycles. The largest absolute Gasteiger partial charge is 0.381 e. The molecule has 2 rings (SSSR count). The number of carbonyl (C=O) groups excluding carboxylic acids is 1. The van der Waals surface area contributed by atoms with Crippen LogP contribution in [0.25, 0.3) is 11.2 Å². The monoisotopic (exact) mass is 345 g/mol. The highest BCUT2D eigenvalue weighted by Gasteiger charge is 2.36. The van der Waals surface area contributed by atoms with Gasteiger partial charge in [-0.25, -0.2) is 15.0 Å². The first kappa shape index (κ1) is 15.7. The number of imidazole rings is 1. The number of hydrogen-bond donors (Lipinski definition) is 2. The minimum absolute atomic E-state index is 0.287. The number of carbonyl (C=O) groups is 1. The highest BCUT2D eigenvalue weighted by molar-refractivity contribution is 6.22. The molecule has 2 N–H and O–H groups in total. The number of hydrogen-bond acceptors (Lipinski definition) is 4. The van der Waals surface area contributed by atoms with Crippen LogP contribution in [0.1, 0.15) is 18.6 Å². The molecule has 114 valence electrons. The number of nitrogens with one attached hydrogen (secondary N) is 2. The van der Waals surface area contributed by atoms with Gasteiger partial charge < -0.3 is 10.3 Å². The number of halogens is 6. The highest BCUT2D eigenvalue weighted by atomic mass is 35.5. The van der Waals surface area contributed by atoms with Gasteiger partial charge in [-0.1, -0.05) is 0 Å². The van der Waals surface area contributed by atoms with Crippen molar-refractivity contribution in [3.05, 3.63) is 11.6 Å². The zero-order valence-electron chi connectivity index (χ0n) is 10.0. The Morgan fingerprint density at radius 2 is 1.76 bits per heavy atom. The van der Waals surface area contributed by atoms with Crippen molar-refractivity contribution in [1.29, 1.82) is 0 Å². The van der Waals surface area contributed by atoms with Gasteiger partial charge in [-0.05, 0) is 23.2 Å². The molecule has 0 aromatic carbocycles. The predicted octanol–water partition coefficient (Wildman–Crippen LogP) is 2.89. The summed E-state index contributed by atoms with van der Waals surface area (Å²) in [6.45, 7) is 1.07. The molecule has 0 spiro atoms. The Bertz CT molecular complexity index is 708. The van der Waals surface area contributed by atoms with Gasteiger partial charge in [-0.2, -0.15) is 17.6 Å². The molecular weight excluding hydrogens is 341 g/mol. The number of alkyl halides is 6. The van der Waals surface area contributed by atoms with Crippen molar-refractivity contribution in [2.75, 3.05) is 5.32 Å². The number of aromatic amines is 1. The molecule has 0 bridgehead atoms. The molecule has 2 heterocycles. The second kappa shape index (κ2) is 4.95. The summed E-state index contributed by atoms with van der Waals surface area (Å²) in [7, 11) is 0. The maximum Gasteiger partial charge on any atom is 0.381 e. The van der Waals surface area contributed by atoms with Crippen LogP contribution in [0.4, 0.5) is 23.4 Å². The summed E-state index contributed by atoms with van der Waals surface area (Å²) < 4.78 is 52.1. The summed E-state index contributed by atoms with van der Waals surface area (Å²) in [5.41, 5.74) is -0.829. The molecule has 0 unspecified atom stereocenters. The maximum absolute atomic E-state index is 13.1. The van der Waals surface area contributed by atoms with E-state index in [-0.39, 0.29) is 5.52 Å². The minimum atomic E-state index is -3.97. The fraction of sp³-hybridized carbons (Fsp3) is 0.333. The second-order valence-corrected chi connectivity index (χ2v) is 4.81. The summed E-state index contributed by atoms with van der Waals surface area (Å²) in [4.78, 5) is 23.0. The first-order chi connectivity index (χ1) is 9.48. The van der Waals surface area contributed by atoms with Crippen LogP contribution in [-0.4, -0.2) is 25.8 Å². The van der Waals surface area contributed by atoms with Gasteiger partial charge in [0, 0.05) is 6.92 Å². The van der Waals surface area contributed by atoms with E-state index in [1.54, 1.807) is 0 Å². The lowest BCUT2D eigenvalue weighted by Crippen LogP contribution is -2.14. The van der Waals surface area contributed by atoms with Gasteiger partial charge in [0.15, 0.2) is 17.3 Å². The molecule has 0 radical (unpaired) electrons. The number of fused-ring (bicyclic) bond motifs is 1. The molecule has 2 aromatic rings. The van der Waals surface area contributed by atoms with Gasteiger partial charge in [0.2, 0.25) is 11.7 Å². The van der Waals surface area contributed by atoms with Crippen LogP contribution in [-0.2, 0) is 15.6 Å². The van der Waals surface area contributed by atoms with Crippen LogP contribution in [0.2, 0.25) is 0 Å². The number of nitrogens with zero attached hydrogens (tertiary/aromatic N) is 3. The Labute approximate surface area is 123 Å². The van der Waals surface area contributed by atoms with E-state index in [9.17, 15) is 22.4 Å².